The first kappa shape index (κ1) is 10.3. The van der Waals surface area contributed by atoms with Crippen molar-refractivity contribution in [2.24, 2.45) is 5.73 Å². The number of nitrogens with zero attached hydrogens (tertiary/aromatic N) is 4. The minimum Gasteiger partial charge on any atom is -0.397 e. The van der Waals surface area contributed by atoms with Gasteiger partial charge in [-0.3, -0.25) is 4.79 Å². The van der Waals surface area contributed by atoms with Crippen LogP contribution in [-0.4, -0.2) is 26.0 Å². The molecule has 90 valence electrons. The van der Waals surface area contributed by atoms with Crippen LogP contribution in [0.3, 0.4) is 0 Å². The zero-order chi connectivity index (χ0) is 12.7. The smallest absolute Gasteiger partial charge is 0.251 e. The predicted octanol–water partition coefficient (Wildman–Crippen LogP) is 0.0896. The van der Waals surface area contributed by atoms with Gasteiger partial charge < -0.3 is 11.5 Å². The summed E-state index contributed by atoms with van der Waals surface area (Å²) in [6.45, 7) is 0. The SMILES string of the molecule is NC(=O)c1cnn(-c2ccc(N)c3nonc23)c1. The summed E-state index contributed by atoms with van der Waals surface area (Å²) in [5, 5.41) is 11.5. The van der Waals surface area contributed by atoms with E-state index in [0.29, 0.717) is 28.0 Å². The lowest BCUT2D eigenvalue weighted by atomic mass is 10.2. The summed E-state index contributed by atoms with van der Waals surface area (Å²) >= 11 is 0. The number of anilines is 1. The number of hydrogen-bond acceptors (Lipinski definition) is 6. The number of carbonyl (C=O) groups is 1. The number of fused-ring (bicyclic) bond motifs is 1. The Hall–Kier alpha value is -2.90. The van der Waals surface area contributed by atoms with Gasteiger partial charge in [-0.05, 0) is 22.4 Å². The van der Waals surface area contributed by atoms with Crippen molar-refractivity contribution in [1.82, 2.24) is 20.1 Å². The van der Waals surface area contributed by atoms with Gasteiger partial charge in [-0.2, -0.15) is 5.10 Å². The lowest BCUT2D eigenvalue weighted by Crippen LogP contribution is -2.09. The molecular formula is C10H8N6O2. The van der Waals surface area contributed by atoms with Gasteiger partial charge in [0.1, 0.15) is 0 Å². The average Bonchev–Trinajstić information content (AvgIpc) is 2.98. The molecule has 4 N–H and O–H groups in total. The maximum absolute atomic E-state index is 11.0. The van der Waals surface area contributed by atoms with Crippen LogP contribution in [0.2, 0.25) is 0 Å². The van der Waals surface area contributed by atoms with Gasteiger partial charge in [0.15, 0.2) is 11.0 Å². The molecule has 2 aromatic heterocycles. The van der Waals surface area contributed by atoms with Crippen LogP contribution in [0.15, 0.2) is 29.2 Å². The van der Waals surface area contributed by atoms with Gasteiger partial charge in [0.25, 0.3) is 5.91 Å². The van der Waals surface area contributed by atoms with Crippen molar-refractivity contribution in [3.63, 3.8) is 0 Å². The fraction of sp³-hybridized carbons (Fsp3) is 0. The number of rotatable bonds is 2. The zero-order valence-electron chi connectivity index (χ0n) is 9.07. The third kappa shape index (κ3) is 1.39. The second kappa shape index (κ2) is 3.55. The van der Waals surface area contributed by atoms with E-state index in [1.165, 1.54) is 17.1 Å². The normalized spacial score (nSPS) is 10.9. The van der Waals surface area contributed by atoms with Gasteiger partial charge in [-0.25, -0.2) is 9.31 Å². The molecule has 0 spiro atoms. The van der Waals surface area contributed by atoms with E-state index < -0.39 is 5.91 Å². The highest BCUT2D eigenvalue weighted by atomic mass is 16.6. The molecule has 0 aliphatic rings. The monoisotopic (exact) mass is 244 g/mol. The van der Waals surface area contributed by atoms with Gasteiger partial charge in [0, 0.05) is 6.20 Å². The molecule has 0 radical (unpaired) electrons. The molecule has 1 aromatic carbocycles. The number of hydrogen-bond donors (Lipinski definition) is 2. The fourth-order valence-corrected chi connectivity index (χ4v) is 1.64. The molecule has 0 aliphatic carbocycles. The molecule has 1 amide bonds. The molecular weight excluding hydrogens is 236 g/mol. The fourth-order valence-electron chi connectivity index (χ4n) is 1.64. The van der Waals surface area contributed by atoms with Gasteiger partial charge in [0.05, 0.1) is 23.1 Å². The van der Waals surface area contributed by atoms with Gasteiger partial charge in [0.2, 0.25) is 0 Å². The number of nitrogens with two attached hydrogens (primary N) is 2. The predicted molar refractivity (Wildman–Crippen MR) is 61.9 cm³/mol. The average molecular weight is 244 g/mol. The van der Waals surface area contributed by atoms with Gasteiger partial charge >= 0.3 is 0 Å². The Labute approximate surface area is 100 Å². The van der Waals surface area contributed by atoms with Gasteiger partial charge in [-0.15, -0.1) is 0 Å². The van der Waals surface area contributed by atoms with E-state index in [-0.39, 0.29) is 0 Å². The van der Waals surface area contributed by atoms with E-state index >= 15 is 0 Å². The summed E-state index contributed by atoms with van der Waals surface area (Å²) in [5.41, 5.74) is 13.2. The van der Waals surface area contributed by atoms with Crippen molar-refractivity contribution in [3.8, 4) is 5.69 Å². The Morgan fingerprint density at radius 1 is 1.28 bits per heavy atom. The van der Waals surface area contributed by atoms with E-state index in [1.807, 2.05) is 0 Å². The number of benzene rings is 1. The number of aromatic nitrogens is 4. The topological polar surface area (TPSA) is 126 Å². The maximum Gasteiger partial charge on any atom is 0.251 e. The Bertz CT molecular complexity index is 744. The minimum atomic E-state index is -0.550. The Morgan fingerprint density at radius 3 is 2.78 bits per heavy atom. The van der Waals surface area contributed by atoms with Crippen molar-refractivity contribution in [3.05, 3.63) is 30.1 Å². The van der Waals surface area contributed by atoms with Gasteiger partial charge in [-0.1, -0.05) is 0 Å². The van der Waals surface area contributed by atoms with E-state index in [1.54, 1.807) is 12.1 Å². The molecule has 3 rings (SSSR count). The molecule has 0 saturated carbocycles. The Balaban J connectivity index is 2.22. The molecule has 8 heteroatoms. The first-order valence-electron chi connectivity index (χ1n) is 5.02. The molecule has 0 bridgehead atoms. The Morgan fingerprint density at radius 2 is 2.06 bits per heavy atom. The van der Waals surface area contributed by atoms with Crippen molar-refractivity contribution < 1.29 is 9.42 Å². The molecule has 0 unspecified atom stereocenters. The van der Waals surface area contributed by atoms with Crippen LogP contribution in [0.4, 0.5) is 5.69 Å². The molecule has 3 aromatic rings. The van der Waals surface area contributed by atoms with Crippen molar-refractivity contribution in [1.29, 1.82) is 0 Å². The van der Waals surface area contributed by atoms with Crippen molar-refractivity contribution in [2.75, 3.05) is 5.73 Å². The second-order valence-electron chi connectivity index (χ2n) is 3.67. The summed E-state index contributed by atoms with van der Waals surface area (Å²) in [4.78, 5) is 11.0. The zero-order valence-corrected chi connectivity index (χ0v) is 9.07. The highest BCUT2D eigenvalue weighted by molar-refractivity contribution is 5.93. The van der Waals surface area contributed by atoms with E-state index in [9.17, 15) is 4.79 Å². The van der Waals surface area contributed by atoms with Crippen LogP contribution < -0.4 is 11.5 Å². The summed E-state index contributed by atoms with van der Waals surface area (Å²) in [6.07, 6.45) is 2.88. The van der Waals surface area contributed by atoms with E-state index in [4.69, 9.17) is 11.5 Å². The van der Waals surface area contributed by atoms with Crippen LogP contribution in [0.5, 0.6) is 0 Å². The molecule has 18 heavy (non-hydrogen) atoms. The molecule has 0 atom stereocenters. The molecule has 2 heterocycles. The summed E-state index contributed by atoms with van der Waals surface area (Å²) < 4.78 is 6.11. The largest absolute Gasteiger partial charge is 0.397 e. The quantitative estimate of drug-likeness (QED) is 0.615. The molecule has 0 saturated heterocycles. The first-order valence-corrected chi connectivity index (χ1v) is 5.02. The number of nitrogen functional groups attached to an aromatic ring is 1. The summed E-state index contributed by atoms with van der Waals surface area (Å²) in [5.74, 6) is -0.550. The van der Waals surface area contributed by atoms with E-state index in [0.717, 1.165) is 0 Å². The first-order chi connectivity index (χ1) is 8.66. The summed E-state index contributed by atoms with van der Waals surface area (Å²) in [6, 6.07) is 3.37. The molecule has 8 nitrogen and oxygen atoms in total. The van der Waals surface area contributed by atoms with Crippen molar-refractivity contribution in [2.45, 2.75) is 0 Å². The molecule has 0 fully saturated rings. The highest BCUT2D eigenvalue weighted by Gasteiger charge is 2.13. The minimum absolute atomic E-state index is 0.302. The maximum atomic E-state index is 11.0. The van der Waals surface area contributed by atoms with Crippen LogP contribution in [-0.2, 0) is 0 Å². The third-order valence-electron chi connectivity index (χ3n) is 2.54. The Kier molecular flexibility index (Phi) is 2.03. The van der Waals surface area contributed by atoms with Crippen LogP contribution in [0.25, 0.3) is 16.7 Å². The highest BCUT2D eigenvalue weighted by Crippen LogP contribution is 2.23. The van der Waals surface area contributed by atoms with Crippen LogP contribution in [0.1, 0.15) is 10.4 Å². The number of carbonyl (C=O) groups excluding carboxylic acids is 1. The number of amides is 1. The number of primary amides is 1. The van der Waals surface area contributed by atoms with Crippen molar-refractivity contribution >= 4 is 22.6 Å². The standard InChI is InChI=1S/C10H8N6O2/c11-6-1-2-7(9-8(6)14-18-15-9)16-4-5(3-13-16)10(12)17/h1-4H,11H2,(H2,12,17). The summed E-state index contributed by atoms with van der Waals surface area (Å²) in [7, 11) is 0. The second-order valence-corrected chi connectivity index (χ2v) is 3.67. The third-order valence-corrected chi connectivity index (χ3v) is 2.54. The molecule has 0 aliphatic heterocycles. The van der Waals surface area contributed by atoms with Crippen LogP contribution in [0, 0.1) is 0 Å². The lowest BCUT2D eigenvalue weighted by molar-refractivity contribution is 0.100. The lowest BCUT2D eigenvalue weighted by Gasteiger charge is -2.01. The van der Waals surface area contributed by atoms with E-state index in [2.05, 4.69) is 20.0 Å². The van der Waals surface area contributed by atoms with Crippen LogP contribution >= 0.6 is 0 Å².